The summed E-state index contributed by atoms with van der Waals surface area (Å²) in [6.45, 7) is 3.89. The Morgan fingerprint density at radius 2 is 1.95 bits per heavy atom. The van der Waals surface area contributed by atoms with Gasteiger partial charge in [-0.25, -0.2) is 0 Å². The standard InChI is InChI=1S/C18H19NO3/c1-6-9-19-11-15(18(12(19)2)13(3)20)14-7-8-16(21-4)17(10-14)22-5/h1,7-8,10-11H,9H2,2-5H3. The summed E-state index contributed by atoms with van der Waals surface area (Å²) >= 11 is 0. The quantitative estimate of drug-likeness (QED) is 0.628. The molecule has 0 N–H and O–H groups in total. The van der Waals surface area contributed by atoms with Gasteiger partial charge in [-0.2, -0.15) is 0 Å². The Bertz CT molecular complexity index is 750. The monoisotopic (exact) mass is 297 g/mol. The van der Waals surface area contributed by atoms with Crippen LogP contribution in [-0.2, 0) is 6.54 Å². The summed E-state index contributed by atoms with van der Waals surface area (Å²) in [5.74, 6) is 3.89. The molecule has 0 spiro atoms. The fraction of sp³-hybridized carbons (Fsp3) is 0.278. The molecule has 2 rings (SSSR count). The van der Waals surface area contributed by atoms with Gasteiger partial charge < -0.3 is 14.0 Å². The van der Waals surface area contributed by atoms with Crippen molar-refractivity contribution in [2.24, 2.45) is 0 Å². The van der Waals surface area contributed by atoms with Crippen molar-refractivity contribution in [1.82, 2.24) is 4.57 Å². The van der Waals surface area contributed by atoms with Crippen LogP contribution in [0.1, 0.15) is 23.0 Å². The molecule has 0 amide bonds. The van der Waals surface area contributed by atoms with Gasteiger partial charge in [0.2, 0.25) is 0 Å². The van der Waals surface area contributed by atoms with E-state index in [2.05, 4.69) is 5.92 Å². The van der Waals surface area contributed by atoms with Crippen LogP contribution in [0, 0.1) is 19.3 Å². The van der Waals surface area contributed by atoms with E-state index in [4.69, 9.17) is 15.9 Å². The zero-order valence-electron chi connectivity index (χ0n) is 13.3. The minimum atomic E-state index is 0.0121. The second kappa shape index (κ2) is 6.40. The number of hydrogen-bond donors (Lipinski definition) is 0. The summed E-state index contributed by atoms with van der Waals surface area (Å²) in [7, 11) is 3.17. The van der Waals surface area contributed by atoms with E-state index in [1.165, 1.54) is 0 Å². The van der Waals surface area contributed by atoms with E-state index in [9.17, 15) is 4.79 Å². The Morgan fingerprint density at radius 3 is 2.50 bits per heavy atom. The number of Topliss-reactive ketones (excluding diaryl/α,β-unsaturated/α-hetero) is 1. The summed E-state index contributed by atoms with van der Waals surface area (Å²) in [6, 6.07) is 5.59. The molecule has 0 radical (unpaired) electrons. The molecule has 1 heterocycles. The zero-order chi connectivity index (χ0) is 16.3. The fourth-order valence-electron chi connectivity index (χ4n) is 2.59. The van der Waals surface area contributed by atoms with Gasteiger partial charge in [-0.05, 0) is 31.5 Å². The van der Waals surface area contributed by atoms with Crippen molar-refractivity contribution < 1.29 is 14.3 Å². The van der Waals surface area contributed by atoms with Crippen molar-refractivity contribution in [2.45, 2.75) is 20.4 Å². The molecular weight excluding hydrogens is 278 g/mol. The van der Waals surface area contributed by atoms with E-state index >= 15 is 0 Å². The molecule has 0 bridgehead atoms. The van der Waals surface area contributed by atoms with Gasteiger partial charge in [0.15, 0.2) is 17.3 Å². The Morgan fingerprint density at radius 1 is 1.27 bits per heavy atom. The lowest BCUT2D eigenvalue weighted by Gasteiger charge is -2.09. The Balaban J connectivity index is 2.64. The molecule has 4 heteroatoms. The van der Waals surface area contributed by atoms with Gasteiger partial charge >= 0.3 is 0 Å². The summed E-state index contributed by atoms with van der Waals surface area (Å²) in [5, 5.41) is 0. The molecule has 2 aromatic rings. The van der Waals surface area contributed by atoms with Gasteiger partial charge in [0.05, 0.1) is 20.8 Å². The van der Waals surface area contributed by atoms with Gasteiger partial charge in [0.25, 0.3) is 0 Å². The molecule has 114 valence electrons. The average molecular weight is 297 g/mol. The Labute approximate surface area is 130 Å². The normalized spacial score (nSPS) is 10.1. The zero-order valence-corrected chi connectivity index (χ0v) is 13.3. The molecule has 1 aromatic heterocycles. The molecule has 0 atom stereocenters. The Kier molecular flexibility index (Phi) is 4.57. The third kappa shape index (κ3) is 2.71. The summed E-state index contributed by atoms with van der Waals surface area (Å²) in [5.41, 5.74) is 3.29. The minimum Gasteiger partial charge on any atom is -0.493 e. The number of ether oxygens (including phenoxy) is 2. The highest BCUT2D eigenvalue weighted by Crippen LogP contribution is 2.35. The summed E-state index contributed by atoms with van der Waals surface area (Å²) < 4.78 is 12.5. The van der Waals surface area contributed by atoms with Gasteiger partial charge in [-0.3, -0.25) is 4.79 Å². The predicted molar refractivity (Wildman–Crippen MR) is 86.5 cm³/mol. The van der Waals surface area contributed by atoms with E-state index in [-0.39, 0.29) is 5.78 Å². The number of benzene rings is 1. The first-order chi connectivity index (χ1) is 10.5. The maximum Gasteiger partial charge on any atom is 0.162 e. The van der Waals surface area contributed by atoms with Gasteiger partial charge in [0, 0.05) is 23.0 Å². The van der Waals surface area contributed by atoms with Crippen LogP contribution in [0.15, 0.2) is 24.4 Å². The number of carbonyl (C=O) groups excluding carboxylic acids is 1. The van der Waals surface area contributed by atoms with E-state index in [0.29, 0.717) is 23.6 Å². The highest BCUT2D eigenvalue weighted by Gasteiger charge is 2.18. The summed E-state index contributed by atoms with van der Waals surface area (Å²) in [6.07, 6.45) is 7.30. The molecule has 0 unspecified atom stereocenters. The van der Waals surface area contributed by atoms with Gasteiger partial charge in [-0.15, -0.1) is 6.42 Å². The molecule has 0 aliphatic carbocycles. The number of methoxy groups -OCH3 is 2. The van der Waals surface area contributed by atoms with E-state index in [1.807, 2.05) is 35.9 Å². The highest BCUT2D eigenvalue weighted by atomic mass is 16.5. The lowest BCUT2D eigenvalue weighted by Crippen LogP contribution is -2.00. The average Bonchev–Trinajstić information content (AvgIpc) is 2.84. The number of hydrogen-bond acceptors (Lipinski definition) is 3. The first-order valence-electron chi connectivity index (χ1n) is 6.90. The van der Waals surface area contributed by atoms with Gasteiger partial charge in [0.1, 0.15) is 0 Å². The first kappa shape index (κ1) is 15.7. The third-order valence-electron chi connectivity index (χ3n) is 3.66. The van der Waals surface area contributed by atoms with Crippen LogP contribution >= 0.6 is 0 Å². The second-order valence-electron chi connectivity index (χ2n) is 4.96. The summed E-state index contributed by atoms with van der Waals surface area (Å²) in [4.78, 5) is 12.0. The van der Waals surface area contributed by atoms with Crippen molar-refractivity contribution in [3.63, 3.8) is 0 Å². The van der Waals surface area contributed by atoms with E-state index in [1.54, 1.807) is 21.1 Å². The molecule has 22 heavy (non-hydrogen) atoms. The molecule has 0 fully saturated rings. The fourth-order valence-corrected chi connectivity index (χ4v) is 2.59. The molecule has 1 aromatic carbocycles. The Hall–Kier alpha value is -2.67. The predicted octanol–water partition coefficient (Wildman–Crippen LogP) is 3.32. The van der Waals surface area contributed by atoms with Crippen molar-refractivity contribution in [3.05, 3.63) is 35.7 Å². The van der Waals surface area contributed by atoms with Crippen LogP contribution in [0.4, 0.5) is 0 Å². The van der Waals surface area contributed by atoms with Crippen LogP contribution in [0.2, 0.25) is 0 Å². The van der Waals surface area contributed by atoms with E-state index in [0.717, 1.165) is 16.8 Å². The number of carbonyl (C=O) groups is 1. The maximum atomic E-state index is 12.0. The number of aromatic nitrogens is 1. The largest absolute Gasteiger partial charge is 0.493 e. The van der Waals surface area contributed by atoms with Crippen LogP contribution in [-0.4, -0.2) is 24.6 Å². The van der Waals surface area contributed by atoms with Crippen molar-refractivity contribution in [3.8, 4) is 35.0 Å². The lowest BCUT2D eigenvalue weighted by molar-refractivity contribution is 0.101. The molecule has 0 aliphatic heterocycles. The number of ketones is 1. The van der Waals surface area contributed by atoms with Crippen LogP contribution in [0.5, 0.6) is 11.5 Å². The molecule has 0 saturated heterocycles. The second-order valence-corrected chi connectivity index (χ2v) is 4.96. The lowest BCUT2D eigenvalue weighted by atomic mass is 10.0. The SMILES string of the molecule is C#CCn1cc(-c2ccc(OC)c(OC)c2)c(C(C)=O)c1C. The van der Waals surface area contributed by atoms with Crippen LogP contribution in [0.25, 0.3) is 11.1 Å². The van der Waals surface area contributed by atoms with Crippen LogP contribution in [0.3, 0.4) is 0 Å². The minimum absolute atomic E-state index is 0.0121. The molecular formula is C18H19NO3. The highest BCUT2D eigenvalue weighted by molar-refractivity contribution is 6.02. The molecule has 4 nitrogen and oxygen atoms in total. The smallest absolute Gasteiger partial charge is 0.162 e. The van der Waals surface area contributed by atoms with E-state index < -0.39 is 0 Å². The number of nitrogens with zero attached hydrogens (tertiary/aromatic N) is 1. The van der Waals surface area contributed by atoms with Crippen molar-refractivity contribution in [2.75, 3.05) is 14.2 Å². The van der Waals surface area contributed by atoms with Gasteiger partial charge in [-0.1, -0.05) is 12.0 Å². The third-order valence-corrected chi connectivity index (χ3v) is 3.66. The topological polar surface area (TPSA) is 40.5 Å². The first-order valence-corrected chi connectivity index (χ1v) is 6.90. The molecule has 0 saturated carbocycles. The number of rotatable bonds is 5. The van der Waals surface area contributed by atoms with Crippen molar-refractivity contribution >= 4 is 5.78 Å². The van der Waals surface area contributed by atoms with Crippen molar-refractivity contribution in [1.29, 1.82) is 0 Å². The van der Waals surface area contributed by atoms with Crippen LogP contribution < -0.4 is 9.47 Å². The maximum absolute atomic E-state index is 12.0. The molecule has 0 aliphatic rings. The number of terminal acetylenes is 1.